The van der Waals surface area contributed by atoms with E-state index in [1.54, 1.807) is 6.08 Å². The maximum absolute atomic E-state index is 12.3. The van der Waals surface area contributed by atoms with Gasteiger partial charge in [-0.05, 0) is 53.5 Å². The third-order valence-electron chi connectivity index (χ3n) is 5.13. The lowest BCUT2D eigenvalue weighted by Gasteiger charge is -2.18. The number of ether oxygens (including phenoxy) is 2. The molecule has 1 aliphatic rings. The normalized spacial score (nSPS) is 13.4. The molecule has 1 amide bonds. The minimum atomic E-state index is -0.424. The van der Waals surface area contributed by atoms with Crippen molar-refractivity contribution >= 4 is 28.4 Å². The second-order valence-electron chi connectivity index (χ2n) is 7.36. The number of aliphatic hydroxyl groups excluding tert-OH is 1. The monoisotopic (exact) mass is 453 g/mol. The van der Waals surface area contributed by atoms with E-state index in [0.29, 0.717) is 26.4 Å². The Labute approximate surface area is 196 Å². The summed E-state index contributed by atoms with van der Waals surface area (Å²) in [6.45, 7) is 7.87. The van der Waals surface area contributed by atoms with Gasteiger partial charge in [0.1, 0.15) is 11.6 Å². The molecular weight excluding hydrogens is 418 g/mol. The number of nitrogens with one attached hydrogen (secondary N) is 1. The lowest BCUT2D eigenvalue weighted by molar-refractivity contribution is -0.117. The molecule has 0 aromatic heterocycles. The summed E-state index contributed by atoms with van der Waals surface area (Å²) in [5.41, 5.74) is 2.11. The van der Waals surface area contributed by atoms with Crippen LogP contribution in [0.25, 0.3) is 16.8 Å². The molecule has 178 valence electrons. The highest BCUT2D eigenvalue weighted by Gasteiger charge is 2.13. The van der Waals surface area contributed by atoms with Crippen molar-refractivity contribution in [2.24, 2.45) is 0 Å². The van der Waals surface area contributed by atoms with Gasteiger partial charge in [-0.3, -0.25) is 4.79 Å². The van der Waals surface area contributed by atoms with Crippen molar-refractivity contribution in [3.63, 3.8) is 0 Å². The van der Waals surface area contributed by atoms with E-state index in [1.165, 1.54) is 18.5 Å². The van der Waals surface area contributed by atoms with Crippen molar-refractivity contribution in [3.8, 4) is 6.07 Å². The van der Waals surface area contributed by atoms with Gasteiger partial charge in [0.05, 0.1) is 33.0 Å². The molecule has 1 saturated heterocycles. The SMILES string of the molecule is CC.N#C/C(=C\c1ccc2cc(N3CCCC3)ccc2c1)C(=O)NCCOCCOCCO. The van der Waals surface area contributed by atoms with Crippen molar-refractivity contribution in [1.82, 2.24) is 5.32 Å². The van der Waals surface area contributed by atoms with E-state index in [-0.39, 0.29) is 18.8 Å². The summed E-state index contributed by atoms with van der Waals surface area (Å²) in [4.78, 5) is 14.7. The lowest BCUT2D eigenvalue weighted by atomic mass is 10.0. The quantitative estimate of drug-likeness (QED) is 0.307. The molecule has 0 atom stereocenters. The van der Waals surface area contributed by atoms with E-state index in [2.05, 4.69) is 28.4 Å². The first-order valence-corrected chi connectivity index (χ1v) is 11.7. The van der Waals surface area contributed by atoms with Gasteiger partial charge in [-0.1, -0.05) is 32.0 Å². The van der Waals surface area contributed by atoms with Crippen LogP contribution in [0.2, 0.25) is 0 Å². The second-order valence-corrected chi connectivity index (χ2v) is 7.36. The maximum Gasteiger partial charge on any atom is 0.262 e. The molecule has 1 aliphatic heterocycles. The molecular formula is C26H35N3O4. The van der Waals surface area contributed by atoms with Crippen LogP contribution in [0.15, 0.2) is 42.0 Å². The smallest absolute Gasteiger partial charge is 0.262 e. The lowest BCUT2D eigenvalue weighted by Crippen LogP contribution is -2.28. The number of fused-ring (bicyclic) bond motifs is 1. The number of amides is 1. The Morgan fingerprint density at radius 1 is 1.06 bits per heavy atom. The molecule has 0 saturated carbocycles. The fraction of sp³-hybridized carbons (Fsp3) is 0.462. The van der Waals surface area contributed by atoms with E-state index in [4.69, 9.17) is 14.6 Å². The summed E-state index contributed by atoms with van der Waals surface area (Å²) in [5, 5.41) is 22.9. The fourth-order valence-corrected chi connectivity index (χ4v) is 3.55. The molecule has 0 bridgehead atoms. The summed E-state index contributed by atoms with van der Waals surface area (Å²) in [7, 11) is 0. The van der Waals surface area contributed by atoms with E-state index in [1.807, 2.05) is 38.1 Å². The number of aliphatic hydroxyl groups is 1. The number of hydrogen-bond acceptors (Lipinski definition) is 6. The molecule has 1 heterocycles. The Morgan fingerprint density at radius 2 is 1.73 bits per heavy atom. The number of carbonyl (C=O) groups excluding carboxylic acids is 1. The van der Waals surface area contributed by atoms with Crippen LogP contribution >= 0.6 is 0 Å². The Kier molecular flexibility index (Phi) is 12.0. The molecule has 0 radical (unpaired) electrons. The van der Waals surface area contributed by atoms with Crippen LogP contribution in [0.3, 0.4) is 0 Å². The van der Waals surface area contributed by atoms with Crippen LogP contribution in [0.4, 0.5) is 5.69 Å². The largest absolute Gasteiger partial charge is 0.394 e. The van der Waals surface area contributed by atoms with Gasteiger partial charge in [-0.2, -0.15) is 5.26 Å². The number of nitriles is 1. The van der Waals surface area contributed by atoms with E-state index >= 15 is 0 Å². The zero-order valence-corrected chi connectivity index (χ0v) is 19.7. The van der Waals surface area contributed by atoms with Crippen molar-refractivity contribution in [2.45, 2.75) is 26.7 Å². The van der Waals surface area contributed by atoms with Crippen LogP contribution in [-0.2, 0) is 14.3 Å². The number of hydrogen-bond donors (Lipinski definition) is 2. The molecule has 3 rings (SSSR count). The molecule has 0 aliphatic carbocycles. The van der Waals surface area contributed by atoms with Gasteiger partial charge in [0.25, 0.3) is 5.91 Å². The first-order chi connectivity index (χ1) is 16.2. The predicted octanol–water partition coefficient (Wildman–Crippen LogP) is 3.51. The third kappa shape index (κ3) is 8.50. The van der Waals surface area contributed by atoms with E-state index in [0.717, 1.165) is 29.4 Å². The molecule has 7 nitrogen and oxygen atoms in total. The zero-order valence-electron chi connectivity index (χ0n) is 19.7. The summed E-state index contributed by atoms with van der Waals surface area (Å²) < 4.78 is 10.4. The van der Waals surface area contributed by atoms with Gasteiger partial charge in [0, 0.05) is 25.3 Å². The van der Waals surface area contributed by atoms with Crippen LogP contribution < -0.4 is 10.2 Å². The van der Waals surface area contributed by atoms with Crippen LogP contribution in [0.1, 0.15) is 32.3 Å². The minimum Gasteiger partial charge on any atom is -0.394 e. The van der Waals surface area contributed by atoms with Gasteiger partial charge < -0.3 is 24.8 Å². The van der Waals surface area contributed by atoms with Crippen LogP contribution in [0, 0.1) is 11.3 Å². The number of anilines is 1. The maximum atomic E-state index is 12.3. The average Bonchev–Trinajstić information content (AvgIpc) is 3.40. The summed E-state index contributed by atoms with van der Waals surface area (Å²) in [6, 6.07) is 14.3. The number of benzene rings is 2. The number of carbonyl (C=O) groups is 1. The van der Waals surface area contributed by atoms with Gasteiger partial charge in [-0.15, -0.1) is 0 Å². The van der Waals surface area contributed by atoms with Crippen LogP contribution in [-0.4, -0.2) is 63.7 Å². The molecule has 0 unspecified atom stereocenters. The number of rotatable bonds is 11. The van der Waals surface area contributed by atoms with Crippen LogP contribution in [0.5, 0.6) is 0 Å². The zero-order chi connectivity index (χ0) is 23.9. The molecule has 2 aromatic carbocycles. The molecule has 1 fully saturated rings. The first-order valence-electron chi connectivity index (χ1n) is 11.7. The predicted molar refractivity (Wildman–Crippen MR) is 132 cm³/mol. The van der Waals surface area contributed by atoms with Gasteiger partial charge in [0.2, 0.25) is 0 Å². The molecule has 0 spiro atoms. The Bertz CT molecular complexity index is 946. The Hall–Kier alpha value is -2.92. The van der Waals surface area contributed by atoms with Crippen molar-refractivity contribution in [2.75, 3.05) is 57.6 Å². The number of nitrogens with zero attached hydrogens (tertiary/aromatic N) is 2. The Morgan fingerprint density at radius 3 is 2.42 bits per heavy atom. The fourth-order valence-electron chi connectivity index (χ4n) is 3.55. The summed E-state index contributed by atoms with van der Waals surface area (Å²) in [5.74, 6) is -0.424. The van der Waals surface area contributed by atoms with E-state index < -0.39 is 5.91 Å². The molecule has 2 N–H and O–H groups in total. The third-order valence-corrected chi connectivity index (χ3v) is 5.13. The Balaban J connectivity index is 0.00000187. The van der Waals surface area contributed by atoms with Gasteiger partial charge in [-0.25, -0.2) is 0 Å². The average molecular weight is 454 g/mol. The highest BCUT2D eigenvalue weighted by Crippen LogP contribution is 2.26. The standard InChI is InChI=1S/C24H29N3O4.C2H6/c25-18-22(24(29)26-7-11-30-13-14-31-12-10-28)16-19-3-4-21-17-23(6-5-20(21)15-19)27-8-1-2-9-27;1-2/h3-6,15-17,28H,1-2,7-14H2,(H,26,29);1-2H3/b22-16+;. The molecule has 33 heavy (non-hydrogen) atoms. The van der Waals surface area contributed by atoms with Crippen molar-refractivity contribution in [1.29, 1.82) is 5.26 Å². The minimum absolute atomic E-state index is 0.0177. The van der Waals surface area contributed by atoms with Crippen molar-refractivity contribution in [3.05, 3.63) is 47.5 Å². The first kappa shape index (κ1) is 26.3. The van der Waals surface area contributed by atoms with E-state index in [9.17, 15) is 10.1 Å². The van der Waals surface area contributed by atoms with Gasteiger partial charge >= 0.3 is 0 Å². The highest BCUT2D eigenvalue weighted by molar-refractivity contribution is 6.02. The van der Waals surface area contributed by atoms with Gasteiger partial charge in [0.15, 0.2) is 0 Å². The summed E-state index contributed by atoms with van der Waals surface area (Å²) >= 11 is 0. The molecule has 7 heteroatoms. The topological polar surface area (TPSA) is 94.8 Å². The summed E-state index contributed by atoms with van der Waals surface area (Å²) in [6.07, 6.45) is 4.09. The van der Waals surface area contributed by atoms with Crippen molar-refractivity contribution < 1.29 is 19.4 Å². The molecule has 2 aromatic rings. The second kappa shape index (κ2) is 15.0. The highest BCUT2D eigenvalue weighted by atomic mass is 16.5.